The van der Waals surface area contributed by atoms with Gasteiger partial charge in [0.1, 0.15) is 11.2 Å². The van der Waals surface area contributed by atoms with Crippen molar-refractivity contribution in [3.8, 4) is 16.8 Å². The summed E-state index contributed by atoms with van der Waals surface area (Å²) in [5.41, 5.74) is 10.9. The van der Waals surface area contributed by atoms with Crippen LogP contribution in [0.3, 0.4) is 0 Å². The minimum atomic E-state index is 0. The van der Waals surface area contributed by atoms with Crippen molar-refractivity contribution in [1.82, 2.24) is 4.57 Å². The Labute approximate surface area is 1880 Å². The predicted octanol–water partition coefficient (Wildman–Crippen LogP) is -11.6. The monoisotopic (exact) mass is 2720 g/mol. The second-order valence-corrected chi connectivity index (χ2v) is 11.4. The molecule has 0 amide bonds. The van der Waals surface area contributed by atoms with E-state index in [0.29, 0.717) is 0 Å². The first-order chi connectivity index (χ1) is 49.3. The van der Waals surface area contributed by atoms with Gasteiger partial charge >= 0.3 is 1760 Å². The maximum atomic E-state index is 6.46. The van der Waals surface area contributed by atoms with E-state index in [4.69, 9.17) is 4.42 Å². The number of fused-ring (bicyclic) bond motifs is 6. The third-order valence-electron chi connectivity index (χ3n) is 8.76. The second-order valence-electron chi connectivity index (χ2n) is 11.4. The molecular formula is C42H29K55N2O. The van der Waals surface area contributed by atoms with Gasteiger partial charge in [0.05, 0.1) is 22.1 Å². The standard InChI is InChI=1S/C42H28N2O.55K.H/c1-4-13-31(14-5-1)43(32-15-6-2-7-16-32)39-21-12-22-41-42(39)36-28-30(24-26-40(36)45-41)29-23-25-38-35(27-29)34-19-10-11-20-37(34)44(38)33-17-8-3-9-18-33;;;;;;;;;;;;;;;;;;;;;;;;;;;;;;;;;;;;;;;;;;;;;;;;;;;;;;;;/h1-28H;;;;;;;;;;;;;;;;;;;;;;;;;;;;;;;;;;;;;;;;;;;;;;;;;;;;;;;;/q;;;;;;;;;;;;;;;;;;;;;;;;;;;;;;;;;;;;;;;;;;;;;;;;;;;;;;;+1;-1. The Kier molecular flexibility index (Phi) is 536. The Morgan fingerprint density at radius 1 is 0.230 bits per heavy atom. The molecule has 0 spiro atoms. The summed E-state index contributed by atoms with van der Waals surface area (Å²) in [7, 11) is 0. The normalized spacial score (nSPS) is 7.36. The average Bonchev–Trinajstić information content (AvgIpc) is 1.63. The zero-order chi connectivity index (χ0) is 83.7. The van der Waals surface area contributed by atoms with Gasteiger partial charge in [0.25, 0.3) is 0 Å². The van der Waals surface area contributed by atoms with E-state index in [1.807, 2.05) is 0 Å². The molecule has 0 fully saturated rings. The summed E-state index contributed by atoms with van der Waals surface area (Å²) in [4.78, 5) is 2.31. The van der Waals surface area contributed by atoms with E-state index in [2.05, 4.69) is 179 Å². The van der Waals surface area contributed by atoms with Crippen LogP contribution in [-0.2, 0) is 0 Å². The Bertz CT molecular complexity index is 2540. The molecule has 0 aliphatic carbocycles. The van der Waals surface area contributed by atoms with E-state index in [1.165, 1.54) is 1730 Å². The van der Waals surface area contributed by atoms with E-state index >= 15 is 0 Å². The summed E-state index contributed by atoms with van der Waals surface area (Å²) in [5, 5.41) is 4.69. The summed E-state index contributed by atoms with van der Waals surface area (Å²) < 4.78 is 8.81. The van der Waals surface area contributed by atoms with Crippen LogP contribution in [0.15, 0.2) is 174 Å². The molecule has 100 heavy (non-hydrogen) atoms. The second kappa shape index (κ2) is 234. The number of aromatic nitrogens is 1. The molecule has 268 valence electrons. The van der Waals surface area contributed by atoms with E-state index < -0.39 is 0 Å². The Morgan fingerprint density at radius 2 is 0.500 bits per heavy atom. The van der Waals surface area contributed by atoms with Gasteiger partial charge in [-0.2, -0.15) is 0 Å². The van der Waals surface area contributed by atoms with Crippen LogP contribution in [0.4, 0.5) is 17.1 Å². The summed E-state index contributed by atoms with van der Waals surface area (Å²) >= 11 is 67.5. The van der Waals surface area contributed by atoms with Crippen molar-refractivity contribution in [2.24, 2.45) is 0 Å². The van der Waals surface area contributed by atoms with Gasteiger partial charge in [-0.1, -0.05) is 91.0 Å². The fourth-order valence-electron chi connectivity index (χ4n) is 6.76. The van der Waals surface area contributed by atoms with Crippen LogP contribution in [0.25, 0.3) is 60.6 Å². The SMILES string of the molecule is [H-].[K+].[K][K].[K][K].[K][K].[K][K].[K][K].[K][K].[K][K].[K][K].[K][K].[K][K].[K][K].[K][K].[K][K].[K][K].[K][K].[K][K].[K][K].[K][K].[K][K].[K][K].[K][K].[K][K].[K][K].[K][K].[K][K].[K][K].[K][K].c1ccc(N(c2ccccc2)c2cccc3oc4ccc(-c5ccc6c(c5)c5ccccc5n6-c5ccccc5)cc4c23)cc1. The van der Waals surface area contributed by atoms with E-state index in [-0.39, 0.29) is 52.8 Å². The third kappa shape index (κ3) is 151. The Hall–Kier alpha value is 83.9. The molecule has 7 aromatic carbocycles. The summed E-state index contributed by atoms with van der Waals surface area (Å²) in [6.45, 7) is 0. The van der Waals surface area contributed by atoms with Crippen LogP contribution in [0.1, 0.15) is 1.43 Å². The van der Waals surface area contributed by atoms with Gasteiger partial charge in [-0.15, -0.1) is 0 Å². The van der Waals surface area contributed by atoms with Crippen LogP contribution in [-0.4, -0.2) is 1710 Å². The molecule has 2 heterocycles. The molecule has 3 nitrogen and oxygen atoms in total. The number of hydrogen-bond acceptors (Lipinski definition) is 2. The van der Waals surface area contributed by atoms with Crippen LogP contribution >= 0.6 is 0 Å². The molecule has 0 unspecified atom stereocenters. The van der Waals surface area contributed by atoms with Crippen molar-refractivity contribution in [3.63, 3.8) is 0 Å². The van der Waals surface area contributed by atoms with Crippen LogP contribution in [0.5, 0.6) is 0 Å². The number of para-hydroxylation sites is 4. The van der Waals surface area contributed by atoms with Gasteiger partial charge in [0, 0.05) is 33.2 Å². The van der Waals surface area contributed by atoms with Gasteiger partial charge in [-0.25, -0.2) is 0 Å². The topological polar surface area (TPSA) is 21.3 Å². The number of furan rings is 1. The minimum absolute atomic E-state index is 0. The van der Waals surface area contributed by atoms with Crippen molar-refractivity contribution in [3.05, 3.63) is 170 Å². The molecule has 0 N–H and O–H groups in total. The van der Waals surface area contributed by atoms with Gasteiger partial charge in [-0.3, -0.25) is 0 Å². The Balaban J connectivity index is -0.0000000513. The predicted molar refractivity (Wildman–Crippen MR) is 500 cm³/mol. The van der Waals surface area contributed by atoms with Gasteiger partial charge < -0.3 is 15.3 Å². The van der Waals surface area contributed by atoms with Crippen LogP contribution in [0, 0.1) is 0 Å². The molecule has 0 aliphatic rings. The van der Waals surface area contributed by atoms with Crippen LogP contribution < -0.4 is 56.3 Å². The number of rotatable bonds is 5. The molecule has 0 atom stereocenters. The zero-order valence-corrected chi connectivity index (χ0v) is 251. The molecular weight excluding hydrogens is 2700 g/mol. The molecule has 0 saturated heterocycles. The first-order valence-corrected chi connectivity index (χ1v) is 474. The zero-order valence-electron chi connectivity index (χ0n) is 80.5. The molecule has 0 aliphatic heterocycles. The largest absolute Gasteiger partial charge is 0.456 e. The maximum absolute atomic E-state index is 6.46. The number of nitrogens with zero attached hydrogens (tertiary/aromatic N) is 2. The third-order valence-corrected chi connectivity index (χ3v) is 8.76. The van der Waals surface area contributed by atoms with Crippen molar-refractivity contribution in [1.29, 1.82) is 0 Å². The van der Waals surface area contributed by atoms with Gasteiger partial charge in [-0.05, 0) is 90.0 Å². The molecule has 0 saturated carbocycles. The van der Waals surface area contributed by atoms with Crippen molar-refractivity contribution in [2.75, 3.05) is 4.90 Å². The first-order valence-electron chi connectivity index (χ1n) is 42.3. The fourth-order valence-corrected chi connectivity index (χ4v) is 6.76. The number of anilines is 3. The minimum Gasteiger partial charge on any atom is -0.456 e. The quantitative estimate of drug-likeness (QED) is 0.160. The van der Waals surface area contributed by atoms with Crippen molar-refractivity contribution >= 4 is 1770 Å². The first kappa shape index (κ1) is 229. The summed E-state index contributed by atoms with van der Waals surface area (Å²) in [6, 6.07) is 60.1. The van der Waals surface area contributed by atoms with E-state index in [0.717, 1.165) is 50.3 Å². The fraction of sp³-hybridized carbons (Fsp3) is 0. The van der Waals surface area contributed by atoms with Crippen molar-refractivity contribution < 1.29 is 57.2 Å². The summed E-state index contributed by atoms with van der Waals surface area (Å²) in [5.74, 6) is 0. The Morgan fingerprint density at radius 3 is 0.830 bits per heavy atom. The summed E-state index contributed by atoms with van der Waals surface area (Å²) in [6.07, 6.45) is 0. The van der Waals surface area contributed by atoms with E-state index in [1.54, 1.807) is 0 Å². The smallest absolute Gasteiger partial charge is 0.137 e. The molecule has 9 aromatic rings. The van der Waals surface area contributed by atoms with Crippen molar-refractivity contribution in [2.45, 2.75) is 0 Å². The number of benzene rings is 7. The molecule has 58 heteroatoms. The molecule has 2 aromatic heterocycles. The van der Waals surface area contributed by atoms with E-state index in [9.17, 15) is 0 Å². The molecule has 0 bridgehead atoms. The average molecular weight is 2730 g/mol. The number of hydrogen-bond donors (Lipinski definition) is 0. The van der Waals surface area contributed by atoms with Crippen LogP contribution in [0.2, 0.25) is 0 Å². The molecule has 0 radical (unpaired) electrons. The molecule has 9 rings (SSSR count). The van der Waals surface area contributed by atoms with Gasteiger partial charge in [0.2, 0.25) is 0 Å². The maximum Gasteiger partial charge on any atom is 0.137 e. The van der Waals surface area contributed by atoms with Gasteiger partial charge in [0.15, 0.2) is 0 Å².